The molecular weight excluding hydrogens is 561 g/mol. The average molecular weight is 595 g/mol. The van der Waals surface area contributed by atoms with Crippen LogP contribution in [0.25, 0.3) is 6.08 Å². The van der Waals surface area contributed by atoms with E-state index in [9.17, 15) is 4.79 Å². The molecule has 1 N–H and O–H groups in total. The molecule has 0 aromatic heterocycles. The minimum atomic E-state index is -0.771. The molecule has 4 nitrogen and oxygen atoms in total. The third-order valence-corrected chi connectivity index (χ3v) is 8.75. The monoisotopic (exact) mass is 594 g/mol. The summed E-state index contributed by atoms with van der Waals surface area (Å²) < 4.78 is 5.50. The minimum absolute atomic E-state index is 0.300. The van der Waals surface area contributed by atoms with E-state index in [1.807, 2.05) is 43.3 Å². The van der Waals surface area contributed by atoms with Crippen molar-refractivity contribution in [1.29, 1.82) is 0 Å². The number of ether oxygens (including phenoxy) is 1. The SMILES string of the molecule is CCOC(=O)C1=Cc2ccc(SCc3ccccc3)cc2N=C(NC(c2ccccc2)(c2ccccc2)c2ccccc2)C1. The van der Waals surface area contributed by atoms with Gasteiger partial charge in [-0.3, -0.25) is 0 Å². The number of nitrogens with one attached hydrogen (secondary N) is 1. The normalized spacial score (nSPS) is 12.8. The van der Waals surface area contributed by atoms with Crippen LogP contribution in [0.4, 0.5) is 5.69 Å². The lowest BCUT2D eigenvalue weighted by Crippen LogP contribution is -2.48. The smallest absolute Gasteiger partial charge is 0.334 e. The first kappa shape index (κ1) is 29.2. The van der Waals surface area contributed by atoms with Crippen LogP contribution < -0.4 is 5.32 Å². The molecule has 0 bridgehead atoms. The van der Waals surface area contributed by atoms with Gasteiger partial charge in [0, 0.05) is 28.2 Å². The first-order chi connectivity index (χ1) is 21.7. The molecule has 0 saturated heterocycles. The quantitative estimate of drug-likeness (QED) is 0.105. The molecule has 1 heterocycles. The van der Waals surface area contributed by atoms with Gasteiger partial charge in [-0.15, -0.1) is 11.8 Å². The highest BCUT2D eigenvalue weighted by Gasteiger charge is 2.38. The van der Waals surface area contributed by atoms with Crippen molar-refractivity contribution in [1.82, 2.24) is 5.32 Å². The second-order valence-electron chi connectivity index (χ2n) is 10.6. The van der Waals surface area contributed by atoms with Crippen molar-refractivity contribution in [2.24, 2.45) is 4.99 Å². The van der Waals surface area contributed by atoms with Crippen LogP contribution in [0.1, 0.15) is 41.2 Å². The summed E-state index contributed by atoms with van der Waals surface area (Å²) >= 11 is 1.77. The second kappa shape index (κ2) is 13.6. The van der Waals surface area contributed by atoms with Gasteiger partial charge in [0.1, 0.15) is 11.4 Å². The zero-order valence-corrected chi connectivity index (χ0v) is 25.5. The van der Waals surface area contributed by atoms with Crippen LogP contribution in [-0.4, -0.2) is 18.4 Å². The van der Waals surface area contributed by atoms with Crippen molar-refractivity contribution in [3.63, 3.8) is 0 Å². The number of amidine groups is 1. The molecule has 5 heteroatoms. The Labute approximate surface area is 263 Å². The van der Waals surface area contributed by atoms with E-state index in [2.05, 4.69) is 115 Å². The maximum absolute atomic E-state index is 13.2. The largest absolute Gasteiger partial charge is 0.463 e. The van der Waals surface area contributed by atoms with Crippen LogP contribution in [0.5, 0.6) is 0 Å². The third kappa shape index (κ3) is 6.38. The van der Waals surface area contributed by atoms with Gasteiger partial charge < -0.3 is 10.1 Å². The van der Waals surface area contributed by atoms with Crippen LogP contribution >= 0.6 is 11.8 Å². The van der Waals surface area contributed by atoms with Gasteiger partial charge in [0.2, 0.25) is 0 Å². The molecule has 5 aromatic rings. The number of hydrogen-bond donors (Lipinski definition) is 1. The Kier molecular flexibility index (Phi) is 9.04. The van der Waals surface area contributed by atoms with Crippen LogP contribution in [0, 0.1) is 0 Å². The molecule has 5 aromatic carbocycles. The van der Waals surface area contributed by atoms with E-state index >= 15 is 0 Å². The molecule has 0 fully saturated rings. The molecule has 0 saturated carbocycles. The fourth-order valence-corrected chi connectivity index (χ4v) is 6.49. The van der Waals surface area contributed by atoms with Crippen molar-refractivity contribution in [2.75, 3.05) is 6.61 Å². The molecule has 0 radical (unpaired) electrons. The van der Waals surface area contributed by atoms with Gasteiger partial charge >= 0.3 is 5.97 Å². The maximum atomic E-state index is 13.2. The number of thioether (sulfide) groups is 1. The van der Waals surface area contributed by atoms with E-state index in [0.717, 1.165) is 38.6 Å². The second-order valence-corrected chi connectivity index (χ2v) is 11.6. The summed E-state index contributed by atoms with van der Waals surface area (Å²) in [6.07, 6.45) is 2.22. The number of rotatable bonds is 9. The van der Waals surface area contributed by atoms with Gasteiger partial charge in [-0.2, -0.15) is 0 Å². The topological polar surface area (TPSA) is 50.7 Å². The lowest BCUT2D eigenvalue weighted by atomic mass is 9.76. The van der Waals surface area contributed by atoms with E-state index in [4.69, 9.17) is 9.73 Å². The molecule has 218 valence electrons. The van der Waals surface area contributed by atoms with E-state index < -0.39 is 5.54 Å². The highest BCUT2D eigenvalue weighted by molar-refractivity contribution is 7.98. The Balaban J connectivity index is 1.48. The average Bonchev–Trinajstić information content (AvgIpc) is 3.27. The van der Waals surface area contributed by atoms with Crippen molar-refractivity contribution >= 4 is 35.3 Å². The summed E-state index contributed by atoms with van der Waals surface area (Å²) in [7, 11) is 0. The highest BCUT2D eigenvalue weighted by Crippen LogP contribution is 2.39. The van der Waals surface area contributed by atoms with Crippen molar-refractivity contribution < 1.29 is 9.53 Å². The van der Waals surface area contributed by atoms with Crippen molar-refractivity contribution in [2.45, 2.75) is 29.5 Å². The molecule has 0 spiro atoms. The summed E-state index contributed by atoms with van der Waals surface area (Å²) in [6.45, 7) is 2.14. The van der Waals surface area contributed by atoms with Crippen LogP contribution in [0.3, 0.4) is 0 Å². The van der Waals surface area contributed by atoms with Crippen LogP contribution in [0.2, 0.25) is 0 Å². The number of fused-ring (bicyclic) bond motifs is 1. The summed E-state index contributed by atoms with van der Waals surface area (Å²) in [4.78, 5) is 19.6. The summed E-state index contributed by atoms with van der Waals surface area (Å²) in [5.41, 5.74) is 5.96. The molecular formula is C39H34N2O2S. The Morgan fingerprint density at radius 1 is 0.773 bits per heavy atom. The number of nitrogens with zero attached hydrogens (tertiary/aromatic N) is 1. The third-order valence-electron chi connectivity index (χ3n) is 7.68. The molecule has 6 rings (SSSR count). The zero-order chi connectivity index (χ0) is 30.2. The number of carbonyl (C=O) groups is 1. The number of carbonyl (C=O) groups excluding carboxylic acids is 1. The molecule has 44 heavy (non-hydrogen) atoms. The Morgan fingerprint density at radius 3 is 1.86 bits per heavy atom. The lowest BCUT2D eigenvalue weighted by molar-refractivity contribution is -0.138. The Bertz CT molecular complexity index is 1670. The fraction of sp³-hybridized carbons (Fsp3) is 0.128. The zero-order valence-electron chi connectivity index (χ0n) is 24.6. The first-order valence-electron chi connectivity index (χ1n) is 14.9. The van der Waals surface area contributed by atoms with E-state index in [1.165, 1.54) is 5.56 Å². The van der Waals surface area contributed by atoms with E-state index in [-0.39, 0.29) is 5.97 Å². The van der Waals surface area contributed by atoms with Crippen LogP contribution in [-0.2, 0) is 20.8 Å². The molecule has 0 unspecified atom stereocenters. The maximum Gasteiger partial charge on any atom is 0.334 e. The number of hydrogen-bond acceptors (Lipinski definition) is 5. The Hall–Kier alpha value is -4.87. The lowest BCUT2D eigenvalue weighted by Gasteiger charge is -2.38. The summed E-state index contributed by atoms with van der Waals surface area (Å²) in [6, 6.07) is 48.0. The fourth-order valence-electron chi connectivity index (χ4n) is 5.60. The van der Waals surface area contributed by atoms with Gasteiger partial charge in [0.25, 0.3) is 0 Å². The van der Waals surface area contributed by atoms with Gasteiger partial charge in [-0.1, -0.05) is 127 Å². The molecule has 0 aliphatic carbocycles. The standard InChI is InChI=1S/C39H34N2O2S/c1-2-43-38(42)31-25-30-23-24-35(44-28-29-15-7-3-8-16-29)27-36(30)40-37(26-31)41-39(32-17-9-4-10-18-32,33-19-11-5-12-20-33)34-21-13-6-14-22-34/h3-25,27H,2,26,28H2,1H3,(H,40,41). The van der Waals surface area contributed by atoms with Gasteiger partial charge in [-0.25, -0.2) is 9.79 Å². The van der Waals surface area contributed by atoms with Gasteiger partial charge in [-0.05, 0) is 47.4 Å². The van der Waals surface area contributed by atoms with E-state index in [1.54, 1.807) is 11.8 Å². The molecule has 1 aliphatic heterocycles. The molecule has 0 amide bonds. The molecule has 1 aliphatic rings. The summed E-state index contributed by atoms with van der Waals surface area (Å²) in [5.74, 6) is 1.21. The predicted octanol–water partition coefficient (Wildman–Crippen LogP) is 8.94. The van der Waals surface area contributed by atoms with Crippen molar-refractivity contribution in [3.05, 3.63) is 173 Å². The first-order valence-corrected chi connectivity index (χ1v) is 15.8. The minimum Gasteiger partial charge on any atom is -0.463 e. The van der Waals surface area contributed by atoms with Crippen LogP contribution in [0.15, 0.2) is 155 Å². The highest BCUT2D eigenvalue weighted by atomic mass is 32.2. The van der Waals surface area contributed by atoms with Gasteiger partial charge in [0.05, 0.1) is 12.3 Å². The van der Waals surface area contributed by atoms with Crippen molar-refractivity contribution in [3.8, 4) is 0 Å². The number of benzene rings is 5. The van der Waals surface area contributed by atoms with Gasteiger partial charge in [0.15, 0.2) is 0 Å². The predicted molar refractivity (Wildman–Crippen MR) is 181 cm³/mol. The molecule has 0 atom stereocenters. The van der Waals surface area contributed by atoms with E-state index in [0.29, 0.717) is 24.4 Å². The summed E-state index contributed by atoms with van der Waals surface area (Å²) in [5, 5.41) is 3.90. The Morgan fingerprint density at radius 2 is 1.32 bits per heavy atom. The number of aliphatic imine (C=N–C) groups is 1. The number of esters is 1.